The molecule has 0 saturated carbocycles. The Morgan fingerprint density at radius 3 is 2.74 bits per heavy atom. The molecule has 2 unspecified atom stereocenters. The molecular weight excluding hydrogens is 526 g/mol. The van der Waals surface area contributed by atoms with Gasteiger partial charge in [0.2, 0.25) is 5.91 Å². The van der Waals surface area contributed by atoms with Gasteiger partial charge in [-0.05, 0) is 68.9 Å². The first-order valence-corrected chi connectivity index (χ1v) is 15.3. The second kappa shape index (κ2) is 10.1. The van der Waals surface area contributed by atoms with Crippen molar-refractivity contribution in [2.45, 2.75) is 62.3 Å². The number of hydrogen-bond donors (Lipinski definition) is 0. The highest BCUT2D eigenvalue weighted by atomic mass is 35.5. The normalized spacial score (nSPS) is 21.6. The summed E-state index contributed by atoms with van der Waals surface area (Å²) in [5.74, 6) is -0.236. The molecule has 2 aromatic heterocycles. The number of aromatic nitrogens is 1. The molecule has 4 heterocycles. The first kappa shape index (κ1) is 25.1. The number of aryl methyl sites for hydroxylation is 2. The van der Waals surface area contributed by atoms with E-state index in [1.54, 1.807) is 11.0 Å². The van der Waals surface area contributed by atoms with E-state index in [1.807, 2.05) is 13.8 Å². The Morgan fingerprint density at radius 2 is 2.03 bits per heavy atom. The summed E-state index contributed by atoms with van der Waals surface area (Å²) in [4.78, 5) is 20.6. The number of thiophene rings is 1. The lowest BCUT2D eigenvalue weighted by atomic mass is 10.0. The molecule has 1 aromatic carbocycles. The van der Waals surface area contributed by atoms with Gasteiger partial charge in [-0.3, -0.25) is 9.69 Å². The van der Waals surface area contributed by atoms with Gasteiger partial charge >= 0.3 is 0 Å². The van der Waals surface area contributed by atoms with Crippen LogP contribution in [-0.2, 0) is 19.6 Å². The van der Waals surface area contributed by atoms with Crippen LogP contribution in [0.1, 0.15) is 43.2 Å². The minimum absolute atomic E-state index is 0.0847. The largest absolute Gasteiger partial charge is 0.376 e. The molecule has 35 heavy (non-hydrogen) atoms. The highest BCUT2D eigenvalue weighted by Crippen LogP contribution is 2.36. The summed E-state index contributed by atoms with van der Waals surface area (Å²) in [5, 5.41) is 0.594. The van der Waals surface area contributed by atoms with Crippen molar-refractivity contribution in [2.24, 2.45) is 0 Å². The Hall–Kier alpha value is -1.56. The summed E-state index contributed by atoms with van der Waals surface area (Å²) >= 11 is 8.52. The van der Waals surface area contributed by atoms with E-state index in [2.05, 4.69) is 12.1 Å². The molecule has 0 spiro atoms. The van der Waals surface area contributed by atoms with Crippen LogP contribution in [0.15, 0.2) is 28.5 Å². The molecule has 2 saturated heterocycles. The van der Waals surface area contributed by atoms with E-state index < -0.39 is 16.1 Å². The summed E-state index contributed by atoms with van der Waals surface area (Å²) in [5.41, 5.74) is 3.08. The molecule has 7 nitrogen and oxygen atoms in total. The van der Waals surface area contributed by atoms with Gasteiger partial charge in [0, 0.05) is 13.2 Å². The smallest absolute Gasteiger partial charge is 0.253 e. The molecule has 2 atom stereocenters. The van der Waals surface area contributed by atoms with Crippen LogP contribution < -0.4 is 4.90 Å². The maximum atomic E-state index is 14.1. The highest BCUT2D eigenvalue weighted by Gasteiger charge is 2.41. The third kappa shape index (κ3) is 5.01. The lowest BCUT2D eigenvalue weighted by Gasteiger charge is -2.36. The number of fused-ring (bicyclic) bond motifs is 1. The predicted molar refractivity (Wildman–Crippen MR) is 141 cm³/mol. The Labute approximate surface area is 218 Å². The molecule has 188 valence electrons. The van der Waals surface area contributed by atoms with E-state index in [4.69, 9.17) is 21.3 Å². The van der Waals surface area contributed by atoms with Crippen molar-refractivity contribution >= 4 is 65.6 Å². The molecule has 2 aliphatic heterocycles. The second-order valence-electron chi connectivity index (χ2n) is 9.19. The van der Waals surface area contributed by atoms with Gasteiger partial charge < -0.3 is 4.74 Å². The number of rotatable bonds is 6. The van der Waals surface area contributed by atoms with Crippen LogP contribution in [0.2, 0.25) is 4.34 Å². The van der Waals surface area contributed by atoms with Gasteiger partial charge in [-0.25, -0.2) is 13.4 Å². The third-order valence-corrected chi connectivity index (χ3v) is 11.2. The van der Waals surface area contributed by atoms with Crippen molar-refractivity contribution in [3.8, 4) is 0 Å². The fourth-order valence-corrected chi connectivity index (χ4v) is 9.32. The number of carbonyl (C=O) groups is 1. The number of carbonyl (C=O) groups excluding carboxylic acids is 1. The van der Waals surface area contributed by atoms with Gasteiger partial charge in [0.05, 0.1) is 27.2 Å². The monoisotopic (exact) mass is 553 g/mol. The van der Waals surface area contributed by atoms with E-state index in [9.17, 15) is 13.2 Å². The molecule has 0 N–H and O–H groups in total. The van der Waals surface area contributed by atoms with Gasteiger partial charge in [0.15, 0.2) is 5.13 Å². The standard InChI is InChI=1S/C24H28ClN3O4S3/c1-15-12-16(2)22-19(13-15)33-24(26-22)27(14-17-6-5-11-32-17)23(29)18-7-3-4-10-28(18)35(30,31)21-9-8-20(25)34-21/h8-9,12-13,17-18H,3-7,10-11,14H2,1-2H3. The van der Waals surface area contributed by atoms with Crippen molar-refractivity contribution < 1.29 is 17.9 Å². The van der Waals surface area contributed by atoms with Crippen LogP contribution >= 0.6 is 34.3 Å². The zero-order valence-corrected chi connectivity index (χ0v) is 22.9. The number of benzene rings is 1. The number of halogens is 1. The van der Waals surface area contributed by atoms with Crippen molar-refractivity contribution in [3.05, 3.63) is 39.7 Å². The molecule has 1 amide bonds. The fourth-order valence-electron chi connectivity index (χ4n) is 4.90. The quantitative estimate of drug-likeness (QED) is 0.409. The number of nitrogens with zero attached hydrogens (tertiary/aromatic N) is 3. The molecule has 11 heteroatoms. The molecule has 0 bridgehead atoms. The predicted octanol–water partition coefficient (Wildman–Crippen LogP) is 5.38. The SMILES string of the molecule is Cc1cc(C)c2nc(N(CC3CCCO3)C(=O)C3CCCCN3S(=O)(=O)c3ccc(Cl)s3)sc2c1. The molecule has 5 rings (SSSR count). The lowest BCUT2D eigenvalue weighted by Crippen LogP contribution is -2.54. The van der Waals surface area contributed by atoms with Crippen LogP contribution in [0.5, 0.6) is 0 Å². The van der Waals surface area contributed by atoms with Crippen LogP contribution in [0.3, 0.4) is 0 Å². The Morgan fingerprint density at radius 1 is 1.20 bits per heavy atom. The minimum Gasteiger partial charge on any atom is -0.376 e. The molecular formula is C24H28ClN3O4S3. The first-order valence-electron chi connectivity index (χ1n) is 11.8. The average molecular weight is 554 g/mol. The van der Waals surface area contributed by atoms with Crippen LogP contribution in [0.25, 0.3) is 10.2 Å². The summed E-state index contributed by atoms with van der Waals surface area (Å²) in [6.07, 6.45) is 3.72. The molecule has 0 radical (unpaired) electrons. The van der Waals surface area contributed by atoms with Crippen LogP contribution in [0.4, 0.5) is 5.13 Å². The van der Waals surface area contributed by atoms with Crippen molar-refractivity contribution in [2.75, 3.05) is 24.6 Å². The summed E-state index contributed by atoms with van der Waals surface area (Å²) < 4.78 is 35.8. The van der Waals surface area contributed by atoms with E-state index in [-0.39, 0.29) is 16.2 Å². The molecule has 2 fully saturated rings. The van der Waals surface area contributed by atoms with Gasteiger partial charge in [-0.2, -0.15) is 4.31 Å². The second-order valence-corrected chi connectivity index (χ2v) is 14.0. The Balaban J connectivity index is 1.52. The number of thiazole rings is 1. The van der Waals surface area contributed by atoms with Crippen molar-refractivity contribution in [1.29, 1.82) is 0 Å². The van der Waals surface area contributed by atoms with E-state index >= 15 is 0 Å². The number of anilines is 1. The maximum absolute atomic E-state index is 14.1. The number of piperidine rings is 1. The van der Waals surface area contributed by atoms with E-state index in [0.717, 1.165) is 51.9 Å². The van der Waals surface area contributed by atoms with E-state index in [1.165, 1.54) is 21.7 Å². The van der Waals surface area contributed by atoms with Gasteiger partial charge in [0.25, 0.3) is 10.0 Å². The number of ether oxygens (including phenoxy) is 1. The van der Waals surface area contributed by atoms with Crippen LogP contribution in [0, 0.1) is 13.8 Å². The number of amides is 1. The van der Waals surface area contributed by atoms with Crippen LogP contribution in [-0.4, -0.2) is 55.5 Å². The maximum Gasteiger partial charge on any atom is 0.253 e. The third-order valence-electron chi connectivity index (χ3n) is 6.58. The summed E-state index contributed by atoms with van der Waals surface area (Å²) in [7, 11) is -3.84. The molecule has 2 aliphatic rings. The van der Waals surface area contributed by atoms with Gasteiger partial charge in [-0.1, -0.05) is 35.4 Å². The zero-order chi connectivity index (χ0) is 24.7. The number of hydrogen-bond acceptors (Lipinski definition) is 7. The number of sulfonamides is 1. The average Bonchev–Trinajstić information content (AvgIpc) is 3.58. The summed E-state index contributed by atoms with van der Waals surface area (Å²) in [6, 6.07) is 6.47. The van der Waals surface area contributed by atoms with Crippen molar-refractivity contribution in [1.82, 2.24) is 9.29 Å². The molecule has 0 aliphatic carbocycles. The van der Waals surface area contributed by atoms with E-state index in [0.29, 0.717) is 42.0 Å². The Bertz CT molecular complexity index is 1350. The summed E-state index contributed by atoms with van der Waals surface area (Å²) in [6.45, 7) is 5.41. The topological polar surface area (TPSA) is 79.8 Å². The Kier molecular flexibility index (Phi) is 7.22. The van der Waals surface area contributed by atoms with Gasteiger partial charge in [0.1, 0.15) is 10.3 Å². The minimum atomic E-state index is -3.84. The lowest BCUT2D eigenvalue weighted by molar-refractivity contribution is -0.123. The fraction of sp³-hybridized carbons (Fsp3) is 0.500. The zero-order valence-electron chi connectivity index (χ0n) is 19.7. The first-order chi connectivity index (χ1) is 16.7. The van der Waals surface area contributed by atoms with Gasteiger partial charge in [-0.15, -0.1) is 11.3 Å². The molecule has 3 aromatic rings. The van der Waals surface area contributed by atoms with Crippen molar-refractivity contribution in [3.63, 3.8) is 0 Å². The highest BCUT2D eigenvalue weighted by molar-refractivity contribution is 7.91.